The van der Waals surface area contributed by atoms with Gasteiger partial charge in [-0.05, 0) is 31.6 Å². The first-order chi connectivity index (χ1) is 42.1. The molecule has 0 saturated heterocycles. The van der Waals surface area contributed by atoms with Gasteiger partial charge in [0.25, 0.3) is 0 Å². The molecule has 3 unspecified atom stereocenters. The number of phosphoric ester groups is 2. The Hall–Kier alpha value is -1.94. The number of hydrogen-bond donors (Lipinski definition) is 3. The summed E-state index contributed by atoms with van der Waals surface area (Å²) in [6.45, 7) is 7.18. The maximum absolute atomic E-state index is 13.0. The van der Waals surface area contributed by atoms with E-state index in [-0.39, 0.29) is 25.7 Å². The molecule has 3 N–H and O–H groups in total. The van der Waals surface area contributed by atoms with Crippen LogP contribution in [-0.4, -0.2) is 96.7 Å². The maximum atomic E-state index is 13.0. The second kappa shape index (κ2) is 61.6. The molecule has 87 heavy (non-hydrogen) atoms. The Kier molecular flexibility index (Phi) is 60.2. The molecule has 17 nitrogen and oxygen atoms in total. The fourth-order valence-electron chi connectivity index (χ4n) is 10.3. The Balaban J connectivity index is 5.16. The first kappa shape index (κ1) is 85.1. The van der Waals surface area contributed by atoms with E-state index in [9.17, 15) is 43.2 Å². The van der Waals surface area contributed by atoms with Gasteiger partial charge < -0.3 is 33.8 Å². The van der Waals surface area contributed by atoms with Gasteiger partial charge in [-0.15, -0.1) is 0 Å². The van der Waals surface area contributed by atoms with E-state index < -0.39 is 97.5 Å². The predicted molar refractivity (Wildman–Crippen MR) is 349 cm³/mol. The summed E-state index contributed by atoms with van der Waals surface area (Å²) in [6, 6.07) is 0. The molecule has 0 saturated carbocycles. The van der Waals surface area contributed by atoms with Crippen LogP contribution in [0.4, 0.5) is 0 Å². The van der Waals surface area contributed by atoms with E-state index in [1.165, 1.54) is 161 Å². The fourth-order valence-corrected chi connectivity index (χ4v) is 11.8. The van der Waals surface area contributed by atoms with Gasteiger partial charge in [-0.25, -0.2) is 9.13 Å². The average molecular weight is 1280 g/mol. The van der Waals surface area contributed by atoms with Crippen molar-refractivity contribution >= 4 is 39.5 Å². The van der Waals surface area contributed by atoms with Crippen LogP contribution in [0.2, 0.25) is 0 Å². The predicted octanol–water partition coefficient (Wildman–Crippen LogP) is 19.4. The first-order valence-electron chi connectivity index (χ1n) is 35.7. The summed E-state index contributed by atoms with van der Waals surface area (Å²) >= 11 is 0. The summed E-state index contributed by atoms with van der Waals surface area (Å²) in [5.41, 5.74) is 0. The van der Waals surface area contributed by atoms with Gasteiger partial charge >= 0.3 is 39.5 Å². The molecule has 6 atom stereocenters. The summed E-state index contributed by atoms with van der Waals surface area (Å²) < 4.78 is 68.0. The van der Waals surface area contributed by atoms with E-state index in [0.717, 1.165) is 109 Å². The highest BCUT2D eigenvalue weighted by Gasteiger charge is 2.30. The molecule has 516 valence electrons. The summed E-state index contributed by atoms with van der Waals surface area (Å²) in [5.74, 6) is -1.35. The number of carbonyl (C=O) groups is 4. The Morgan fingerprint density at radius 3 is 0.816 bits per heavy atom. The lowest BCUT2D eigenvalue weighted by atomic mass is 9.99. The molecule has 0 aliphatic rings. The zero-order valence-corrected chi connectivity index (χ0v) is 57.9. The molecule has 0 aromatic carbocycles. The van der Waals surface area contributed by atoms with Gasteiger partial charge in [0.15, 0.2) is 12.2 Å². The molecule has 0 aromatic rings. The summed E-state index contributed by atoms with van der Waals surface area (Å²) in [7, 11) is -9.89. The number of carbonyl (C=O) groups excluding carboxylic acids is 4. The Morgan fingerprint density at radius 2 is 0.552 bits per heavy atom. The van der Waals surface area contributed by atoms with Crippen molar-refractivity contribution in [2.45, 2.75) is 368 Å². The van der Waals surface area contributed by atoms with Gasteiger partial charge in [-0.1, -0.05) is 298 Å². The second-order valence-corrected chi connectivity index (χ2v) is 27.7. The van der Waals surface area contributed by atoms with Gasteiger partial charge in [-0.3, -0.25) is 37.3 Å². The van der Waals surface area contributed by atoms with Gasteiger partial charge in [0, 0.05) is 25.7 Å². The van der Waals surface area contributed by atoms with E-state index in [1.807, 2.05) is 0 Å². The first-order valence-corrected chi connectivity index (χ1v) is 38.7. The lowest BCUT2D eigenvalue weighted by molar-refractivity contribution is -0.161. The minimum absolute atomic E-state index is 0.105. The van der Waals surface area contributed by atoms with Gasteiger partial charge in [0.2, 0.25) is 0 Å². The lowest BCUT2D eigenvalue weighted by Crippen LogP contribution is -2.30. The molecule has 0 amide bonds. The molecule has 0 aromatic heterocycles. The highest BCUT2D eigenvalue weighted by molar-refractivity contribution is 7.47. The number of aliphatic hydroxyl groups excluding tert-OH is 1. The third-order valence-electron chi connectivity index (χ3n) is 16.1. The maximum Gasteiger partial charge on any atom is 0.472 e. The summed E-state index contributed by atoms with van der Waals surface area (Å²) in [5, 5.41) is 10.5. The molecule has 0 spiro atoms. The number of aliphatic hydroxyl groups is 1. The summed E-state index contributed by atoms with van der Waals surface area (Å²) in [6.07, 6.45) is 47.4. The van der Waals surface area contributed by atoms with Crippen LogP contribution in [0.3, 0.4) is 0 Å². The molecule has 0 radical (unpaired) electrons. The van der Waals surface area contributed by atoms with Crippen molar-refractivity contribution < 1.29 is 80.2 Å². The van der Waals surface area contributed by atoms with Crippen LogP contribution in [0.1, 0.15) is 349 Å². The van der Waals surface area contributed by atoms with Gasteiger partial charge in [0.1, 0.15) is 19.3 Å². The zero-order valence-electron chi connectivity index (χ0n) is 56.2. The van der Waals surface area contributed by atoms with Gasteiger partial charge in [0.05, 0.1) is 26.4 Å². The van der Waals surface area contributed by atoms with Crippen molar-refractivity contribution in [3.8, 4) is 0 Å². The number of ether oxygens (including phenoxy) is 4. The van der Waals surface area contributed by atoms with Crippen LogP contribution in [0, 0.1) is 5.92 Å². The number of esters is 4. The highest BCUT2D eigenvalue weighted by Crippen LogP contribution is 2.45. The third-order valence-corrected chi connectivity index (χ3v) is 18.0. The monoisotopic (exact) mass is 1280 g/mol. The number of phosphoric acid groups is 2. The SMILES string of the molecule is CCCCCCCCCCCCCCCCCCCCCC(=O)O[C@H](COC(=O)CCCCCCCCCCC(C)CC)COP(=O)(O)OC[C@@H](O)COP(=O)(O)OC[C@@H](COC(=O)CCCCCCCCCC)OC(=O)CCCCCCCCCC. The third kappa shape index (κ3) is 61.3. The molecular weight excluding hydrogens is 1150 g/mol. The standard InChI is InChI=1S/C68H132O17P2/c1-6-10-13-16-19-22-23-24-25-26-27-28-29-30-31-32-39-44-49-54-68(73)85-64(58-79-66(71)52-47-42-38-34-33-35-40-45-50-61(5)9-4)60-83-87(76,77)81-56-62(69)55-80-86(74,75)82-59-63(84-67(72)53-48-43-37-21-18-15-12-8-3)57-78-65(70)51-46-41-36-20-17-14-11-7-2/h61-64,69H,6-60H2,1-5H3,(H,74,75)(H,76,77)/t61?,62-,63+,64+/m0/s1. The van der Waals surface area contributed by atoms with Crippen LogP contribution < -0.4 is 0 Å². The quantitative estimate of drug-likeness (QED) is 0.0222. The van der Waals surface area contributed by atoms with Crippen LogP contribution in [0.15, 0.2) is 0 Å². The van der Waals surface area contributed by atoms with Crippen molar-refractivity contribution in [1.29, 1.82) is 0 Å². The van der Waals surface area contributed by atoms with Crippen LogP contribution in [0.25, 0.3) is 0 Å². The normalized spacial score (nSPS) is 14.4. The van der Waals surface area contributed by atoms with E-state index in [0.29, 0.717) is 25.7 Å². The molecular formula is C68H132O17P2. The Morgan fingerprint density at radius 1 is 0.322 bits per heavy atom. The van der Waals surface area contributed by atoms with Crippen molar-refractivity contribution in [3.05, 3.63) is 0 Å². The van der Waals surface area contributed by atoms with Crippen molar-refractivity contribution in [2.24, 2.45) is 5.92 Å². The number of unbranched alkanes of at least 4 members (excludes halogenated alkanes) is 39. The molecule has 0 bridgehead atoms. The van der Waals surface area contributed by atoms with Crippen molar-refractivity contribution in [2.75, 3.05) is 39.6 Å². The Labute approximate surface area is 530 Å². The smallest absolute Gasteiger partial charge is 0.462 e. The highest BCUT2D eigenvalue weighted by atomic mass is 31.2. The molecule has 0 aliphatic heterocycles. The van der Waals surface area contributed by atoms with E-state index in [2.05, 4.69) is 34.6 Å². The van der Waals surface area contributed by atoms with Crippen molar-refractivity contribution in [3.63, 3.8) is 0 Å². The molecule has 19 heteroatoms. The van der Waals surface area contributed by atoms with E-state index >= 15 is 0 Å². The molecule has 0 aliphatic carbocycles. The zero-order chi connectivity index (χ0) is 64.2. The molecule has 0 heterocycles. The van der Waals surface area contributed by atoms with Crippen LogP contribution >= 0.6 is 15.6 Å². The minimum Gasteiger partial charge on any atom is -0.462 e. The Bertz CT molecular complexity index is 1690. The minimum atomic E-state index is -4.95. The second-order valence-electron chi connectivity index (χ2n) is 24.8. The lowest BCUT2D eigenvalue weighted by Gasteiger charge is -2.21. The fraction of sp³-hybridized carbons (Fsp3) is 0.941. The van der Waals surface area contributed by atoms with Crippen LogP contribution in [-0.2, 0) is 65.4 Å². The van der Waals surface area contributed by atoms with E-state index in [1.54, 1.807) is 0 Å². The number of rotatable bonds is 68. The van der Waals surface area contributed by atoms with Crippen molar-refractivity contribution in [1.82, 2.24) is 0 Å². The van der Waals surface area contributed by atoms with Crippen LogP contribution in [0.5, 0.6) is 0 Å². The molecule has 0 fully saturated rings. The number of hydrogen-bond acceptors (Lipinski definition) is 15. The van der Waals surface area contributed by atoms with Gasteiger partial charge in [-0.2, -0.15) is 0 Å². The average Bonchev–Trinajstić information content (AvgIpc) is 3.71. The largest absolute Gasteiger partial charge is 0.472 e. The topological polar surface area (TPSA) is 237 Å². The van der Waals surface area contributed by atoms with E-state index in [4.69, 9.17) is 37.0 Å². The summed E-state index contributed by atoms with van der Waals surface area (Å²) in [4.78, 5) is 72.2. The molecule has 0 rings (SSSR count).